The van der Waals surface area contributed by atoms with Gasteiger partial charge in [0.1, 0.15) is 6.54 Å². The monoisotopic (exact) mass is 275 g/mol. The Morgan fingerprint density at radius 3 is 2.75 bits per heavy atom. The normalized spacial score (nSPS) is 14.4. The van der Waals surface area contributed by atoms with Crippen molar-refractivity contribution in [3.63, 3.8) is 0 Å². The van der Waals surface area contributed by atoms with Crippen molar-refractivity contribution in [3.05, 3.63) is 29.3 Å². The molecule has 0 unspecified atom stereocenters. The van der Waals surface area contributed by atoms with Crippen LogP contribution in [0.25, 0.3) is 0 Å². The number of benzene rings is 1. The van der Waals surface area contributed by atoms with E-state index in [0.29, 0.717) is 0 Å². The van der Waals surface area contributed by atoms with Crippen LogP contribution in [-0.2, 0) is 16.0 Å². The molecule has 1 aliphatic heterocycles. The molecule has 2 N–H and O–H groups in total. The summed E-state index contributed by atoms with van der Waals surface area (Å²) in [4.78, 5) is 35.7. The van der Waals surface area contributed by atoms with Crippen LogP contribution in [0.15, 0.2) is 18.2 Å². The summed E-state index contributed by atoms with van der Waals surface area (Å²) in [6, 6.07) is 5.26. The number of hydrogen-bond donors (Lipinski definition) is 2. The number of carbonyl (C=O) groups is 3. The average molecular weight is 275 g/mol. The second-order valence-corrected chi connectivity index (χ2v) is 4.65. The molecule has 106 valence electrons. The highest BCUT2D eigenvalue weighted by molar-refractivity contribution is 6.06. The topological polar surface area (TPSA) is 78.5 Å². The molecule has 0 bridgehead atoms. The Hall–Kier alpha value is -2.37. The number of urea groups is 1. The summed E-state index contributed by atoms with van der Waals surface area (Å²) >= 11 is 0. The smallest absolute Gasteiger partial charge is 0.325 e. The predicted octanol–water partition coefficient (Wildman–Crippen LogP) is 1.05. The summed E-state index contributed by atoms with van der Waals surface area (Å²) < 4.78 is 0. The van der Waals surface area contributed by atoms with E-state index in [2.05, 4.69) is 10.6 Å². The van der Waals surface area contributed by atoms with Crippen molar-refractivity contribution >= 4 is 23.5 Å². The van der Waals surface area contributed by atoms with Gasteiger partial charge in [-0.3, -0.25) is 14.5 Å². The number of hydrogen-bond acceptors (Lipinski definition) is 3. The van der Waals surface area contributed by atoms with Crippen LogP contribution in [0.1, 0.15) is 18.1 Å². The van der Waals surface area contributed by atoms with Gasteiger partial charge in [-0.2, -0.15) is 0 Å². The zero-order valence-electron chi connectivity index (χ0n) is 11.5. The maximum Gasteiger partial charge on any atom is 0.325 e. The summed E-state index contributed by atoms with van der Waals surface area (Å²) in [6.07, 6.45) is 0.792. The summed E-state index contributed by atoms with van der Waals surface area (Å²) in [5.74, 6) is -0.759. The van der Waals surface area contributed by atoms with Crippen LogP contribution in [0.2, 0.25) is 0 Å². The number of para-hydroxylation sites is 1. The standard InChI is InChI=1S/C14H17N3O3/c1-3-10-6-4-5-9(2)13(10)16-11(18)8-17-12(19)7-15-14(17)20/h4-6H,3,7-8H2,1-2H3,(H,15,20)(H,16,18). The Morgan fingerprint density at radius 1 is 1.40 bits per heavy atom. The lowest BCUT2D eigenvalue weighted by Gasteiger charge is -2.15. The maximum absolute atomic E-state index is 12.0. The molecule has 4 amide bonds. The molecule has 1 aromatic carbocycles. The Morgan fingerprint density at radius 2 is 2.15 bits per heavy atom. The average Bonchev–Trinajstić information content (AvgIpc) is 2.73. The number of rotatable bonds is 4. The zero-order valence-corrected chi connectivity index (χ0v) is 11.5. The Bertz CT molecular complexity index is 553. The molecule has 1 saturated heterocycles. The number of nitrogens with zero attached hydrogens (tertiary/aromatic N) is 1. The molecule has 0 radical (unpaired) electrons. The first-order chi connectivity index (χ1) is 9.52. The minimum absolute atomic E-state index is 0.0450. The number of nitrogens with one attached hydrogen (secondary N) is 2. The van der Waals surface area contributed by atoms with Gasteiger partial charge in [0.15, 0.2) is 0 Å². The van der Waals surface area contributed by atoms with Crippen LogP contribution < -0.4 is 10.6 Å². The molecule has 1 fully saturated rings. The molecule has 1 heterocycles. The van der Waals surface area contributed by atoms with Gasteiger partial charge in [0, 0.05) is 5.69 Å². The molecule has 0 spiro atoms. The lowest BCUT2D eigenvalue weighted by Crippen LogP contribution is -2.38. The van der Waals surface area contributed by atoms with Gasteiger partial charge in [0.05, 0.1) is 6.54 Å². The summed E-state index contributed by atoms with van der Waals surface area (Å²) in [6.45, 7) is 3.60. The van der Waals surface area contributed by atoms with Crippen molar-refractivity contribution in [2.75, 3.05) is 18.4 Å². The first kappa shape index (κ1) is 14.0. The molecule has 6 heteroatoms. The highest BCUT2D eigenvalue weighted by Crippen LogP contribution is 2.21. The van der Waals surface area contributed by atoms with Gasteiger partial charge in [-0.25, -0.2) is 4.79 Å². The molecule has 1 aromatic rings. The van der Waals surface area contributed by atoms with Crippen LogP contribution in [-0.4, -0.2) is 35.8 Å². The second kappa shape index (κ2) is 5.73. The van der Waals surface area contributed by atoms with Crippen molar-refractivity contribution in [1.82, 2.24) is 10.2 Å². The van der Waals surface area contributed by atoms with Crippen molar-refractivity contribution in [3.8, 4) is 0 Å². The van der Waals surface area contributed by atoms with Crippen LogP contribution in [0.4, 0.5) is 10.5 Å². The molecule has 1 aliphatic rings. The molecule has 20 heavy (non-hydrogen) atoms. The summed E-state index contributed by atoms with van der Waals surface area (Å²) in [5, 5.41) is 5.16. The van der Waals surface area contributed by atoms with Crippen molar-refractivity contribution in [1.29, 1.82) is 0 Å². The second-order valence-electron chi connectivity index (χ2n) is 4.65. The largest absolute Gasteiger partial charge is 0.329 e. The van der Waals surface area contributed by atoms with E-state index in [-0.39, 0.29) is 24.9 Å². The minimum atomic E-state index is -0.523. The van der Waals surface area contributed by atoms with E-state index in [4.69, 9.17) is 0 Å². The van der Waals surface area contributed by atoms with E-state index in [9.17, 15) is 14.4 Å². The quantitative estimate of drug-likeness (QED) is 0.806. The van der Waals surface area contributed by atoms with Gasteiger partial charge in [-0.15, -0.1) is 0 Å². The molecular weight excluding hydrogens is 258 g/mol. The summed E-state index contributed by atoms with van der Waals surface area (Å²) in [5.41, 5.74) is 2.73. The van der Waals surface area contributed by atoms with Crippen LogP contribution in [0.5, 0.6) is 0 Å². The third kappa shape index (κ3) is 2.79. The fraction of sp³-hybridized carbons (Fsp3) is 0.357. The van der Waals surface area contributed by atoms with Gasteiger partial charge >= 0.3 is 6.03 Å². The molecule has 2 rings (SSSR count). The maximum atomic E-state index is 12.0. The highest BCUT2D eigenvalue weighted by atomic mass is 16.2. The minimum Gasteiger partial charge on any atom is -0.329 e. The van der Waals surface area contributed by atoms with Gasteiger partial charge in [0.25, 0.3) is 5.91 Å². The van der Waals surface area contributed by atoms with Crippen LogP contribution >= 0.6 is 0 Å². The van der Waals surface area contributed by atoms with E-state index in [1.807, 2.05) is 32.0 Å². The lowest BCUT2D eigenvalue weighted by molar-refractivity contribution is -0.128. The van der Waals surface area contributed by atoms with Crippen molar-refractivity contribution in [2.24, 2.45) is 0 Å². The zero-order chi connectivity index (χ0) is 14.7. The van der Waals surface area contributed by atoms with E-state index < -0.39 is 6.03 Å². The van der Waals surface area contributed by atoms with E-state index in [1.165, 1.54) is 0 Å². The first-order valence-electron chi connectivity index (χ1n) is 6.49. The lowest BCUT2D eigenvalue weighted by atomic mass is 10.1. The molecule has 0 aliphatic carbocycles. The molecular formula is C14H17N3O3. The Labute approximate surface area is 117 Å². The predicted molar refractivity (Wildman–Crippen MR) is 74.3 cm³/mol. The van der Waals surface area contributed by atoms with Crippen LogP contribution in [0.3, 0.4) is 0 Å². The SMILES string of the molecule is CCc1cccc(C)c1NC(=O)CN1C(=O)CNC1=O. The van der Waals surface area contributed by atoms with E-state index in [1.54, 1.807) is 0 Å². The highest BCUT2D eigenvalue weighted by Gasteiger charge is 2.30. The van der Waals surface area contributed by atoms with Crippen LogP contribution in [0, 0.1) is 6.92 Å². The van der Waals surface area contributed by atoms with Gasteiger partial charge in [0.2, 0.25) is 5.91 Å². The van der Waals surface area contributed by atoms with E-state index >= 15 is 0 Å². The third-order valence-electron chi connectivity index (χ3n) is 3.24. The number of amides is 4. The first-order valence-corrected chi connectivity index (χ1v) is 6.49. The molecule has 0 aromatic heterocycles. The van der Waals surface area contributed by atoms with Gasteiger partial charge in [-0.05, 0) is 24.5 Å². The third-order valence-corrected chi connectivity index (χ3v) is 3.24. The summed E-state index contributed by atoms with van der Waals surface area (Å²) in [7, 11) is 0. The number of imide groups is 1. The number of aryl methyl sites for hydroxylation is 2. The van der Waals surface area contributed by atoms with Crippen molar-refractivity contribution < 1.29 is 14.4 Å². The van der Waals surface area contributed by atoms with E-state index in [0.717, 1.165) is 28.1 Å². The molecule has 6 nitrogen and oxygen atoms in total. The molecule has 0 atom stereocenters. The fourth-order valence-electron chi connectivity index (χ4n) is 2.14. The number of carbonyl (C=O) groups excluding carboxylic acids is 3. The van der Waals surface area contributed by atoms with Crippen molar-refractivity contribution in [2.45, 2.75) is 20.3 Å². The Kier molecular flexibility index (Phi) is 4.02. The Balaban J connectivity index is 2.09. The fourth-order valence-corrected chi connectivity index (χ4v) is 2.14. The number of anilines is 1. The molecule has 0 saturated carbocycles. The van der Waals surface area contributed by atoms with Gasteiger partial charge in [-0.1, -0.05) is 25.1 Å². The van der Waals surface area contributed by atoms with Gasteiger partial charge < -0.3 is 10.6 Å².